The number of alkyl halides is 1. The molecule has 4 aromatic heterocycles. The van der Waals surface area contributed by atoms with E-state index >= 15 is 0 Å². The minimum absolute atomic E-state index is 0.155. The molecule has 4 aromatic rings. The van der Waals surface area contributed by atoms with Gasteiger partial charge in [-0.1, -0.05) is 0 Å². The molecule has 35 heavy (non-hydrogen) atoms. The summed E-state index contributed by atoms with van der Waals surface area (Å²) in [5, 5.41) is 21.3. The molecule has 0 bridgehead atoms. The van der Waals surface area contributed by atoms with Crippen molar-refractivity contribution < 1.29 is 19.0 Å². The van der Waals surface area contributed by atoms with Gasteiger partial charge in [0.05, 0.1) is 24.9 Å². The normalized spacial score (nSPS) is 25.3. The van der Waals surface area contributed by atoms with Crippen molar-refractivity contribution >= 4 is 28.4 Å². The highest BCUT2D eigenvalue weighted by molar-refractivity contribution is 6.02. The van der Waals surface area contributed by atoms with Crippen LogP contribution in [0.25, 0.3) is 27.9 Å². The number of hydrogen-bond acceptors (Lipinski definition) is 7. The van der Waals surface area contributed by atoms with Crippen LogP contribution < -0.4 is 15.4 Å². The molecule has 0 saturated heterocycles. The summed E-state index contributed by atoms with van der Waals surface area (Å²) in [6.45, 7) is 1.05. The van der Waals surface area contributed by atoms with Gasteiger partial charge in [0.1, 0.15) is 29.7 Å². The quantitative estimate of drug-likeness (QED) is 0.413. The van der Waals surface area contributed by atoms with Gasteiger partial charge in [0, 0.05) is 29.4 Å². The Balaban J connectivity index is 1.40. The van der Waals surface area contributed by atoms with E-state index in [2.05, 4.69) is 25.3 Å². The van der Waals surface area contributed by atoms with Crippen LogP contribution in [-0.4, -0.2) is 66.6 Å². The third-order valence-corrected chi connectivity index (χ3v) is 7.32. The number of rotatable bonds is 4. The molecule has 2 atom stereocenters. The molecule has 5 heterocycles. The Kier molecular flexibility index (Phi) is 4.50. The van der Waals surface area contributed by atoms with Crippen LogP contribution in [0.15, 0.2) is 30.7 Å². The number of aliphatic hydroxyl groups excluding tert-OH is 1. The lowest BCUT2D eigenvalue weighted by Crippen LogP contribution is -2.48. The summed E-state index contributed by atoms with van der Waals surface area (Å²) in [4.78, 5) is 22.5. The van der Waals surface area contributed by atoms with Crippen LogP contribution in [0.1, 0.15) is 42.1 Å². The number of carbonyl (C=O) groups is 1. The zero-order valence-corrected chi connectivity index (χ0v) is 18.8. The highest BCUT2D eigenvalue weighted by atomic mass is 19.1. The molecule has 0 unspecified atom stereocenters. The highest BCUT2D eigenvalue weighted by Crippen LogP contribution is 2.43. The van der Waals surface area contributed by atoms with E-state index in [-0.39, 0.29) is 17.7 Å². The maximum Gasteiger partial charge on any atom is 0.257 e. The van der Waals surface area contributed by atoms with E-state index < -0.39 is 18.1 Å². The Labute approximate surface area is 199 Å². The van der Waals surface area contributed by atoms with Gasteiger partial charge in [-0.05, 0) is 37.8 Å². The third kappa shape index (κ3) is 3.10. The minimum Gasteiger partial charge on any atom is -0.486 e. The van der Waals surface area contributed by atoms with Gasteiger partial charge in [0.15, 0.2) is 17.2 Å². The molecule has 2 aliphatic carbocycles. The number of fused-ring (bicyclic) bond motifs is 4. The molecule has 1 aliphatic heterocycles. The van der Waals surface area contributed by atoms with Crippen molar-refractivity contribution in [2.24, 2.45) is 0 Å². The van der Waals surface area contributed by atoms with Gasteiger partial charge >= 0.3 is 0 Å². The Bertz CT molecular complexity index is 1480. The van der Waals surface area contributed by atoms with Crippen molar-refractivity contribution in [3.8, 4) is 17.0 Å². The van der Waals surface area contributed by atoms with E-state index in [1.54, 1.807) is 10.7 Å². The molecule has 0 aromatic carbocycles. The Morgan fingerprint density at radius 2 is 2.17 bits per heavy atom. The Hall–Kier alpha value is -3.73. The van der Waals surface area contributed by atoms with Crippen molar-refractivity contribution in [1.82, 2.24) is 29.5 Å². The average molecular weight is 478 g/mol. The van der Waals surface area contributed by atoms with Crippen molar-refractivity contribution in [1.29, 1.82) is 0 Å². The summed E-state index contributed by atoms with van der Waals surface area (Å²) < 4.78 is 23.5. The van der Waals surface area contributed by atoms with Crippen molar-refractivity contribution in [2.45, 2.75) is 50.0 Å². The van der Waals surface area contributed by atoms with Gasteiger partial charge < -0.3 is 25.0 Å². The molecule has 180 valence electrons. The van der Waals surface area contributed by atoms with Crippen LogP contribution >= 0.6 is 0 Å². The lowest BCUT2D eigenvalue weighted by atomic mass is 9.89. The first kappa shape index (κ1) is 20.6. The molecule has 3 N–H and O–H groups in total. The van der Waals surface area contributed by atoms with Crippen molar-refractivity contribution in [3.63, 3.8) is 0 Å². The predicted molar refractivity (Wildman–Crippen MR) is 125 cm³/mol. The number of carbonyl (C=O) groups excluding carboxylic acids is 1. The number of nitrogens with zero attached hydrogens (tertiary/aromatic N) is 5. The maximum atomic E-state index is 13.8. The Morgan fingerprint density at radius 3 is 2.94 bits per heavy atom. The summed E-state index contributed by atoms with van der Waals surface area (Å²) in [6.07, 6.45) is 6.33. The molecule has 0 radical (unpaired) electrons. The van der Waals surface area contributed by atoms with Gasteiger partial charge in [-0.15, -0.1) is 0 Å². The van der Waals surface area contributed by atoms with Gasteiger partial charge in [-0.3, -0.25) is 4.79 Å². The topological polar surface area (TPSA) is 119 Å². The predicted octanol–water partition coefficient (Wildman–Crippen LogP) is 2.48. The third-order valence-electron chi connectivity index (χ3n) is 7.32. The zero-order chi connectivity index (χ0) is 23.7. The van der Waals surface area contributed by atoms with E-state index in [4.69, 9.17) is 9.72 Å². The molecule has 3 aliphatic rings. The lowest BCUT2D eigenvalue weighted by Gasteiger charge is -2.32. The van der Waals surface area contributed by atoms with Crippen molar-refractivity contribution in [2.75, 3.05) is 18.5 Å². The zero-order valence-electron chi connectivity index (χ0n) is 18.8. The number of aromatic nitrogens is 5. The van der Waals surface area contributed by atoms with Crippen LogP contribution in [0, 0.1) is 0 Å². The summed E-state index contributed by atoms with van der Waals surface area (Å²) in [5.41, 5.74) is 2.87. The number of amides is 1. The number of halogens is 1. The molecular weight excluding hydrogens is 453 g/mol. The Morgan fingerprint density at radius 1 is 1.29 bits per heavy atom. The number of hydrogen-bond donors (Lipinski definition) is 3. The fourth-order valence-corrected chi connectivity index (χ4v) is 5.14. The largest absolute Gasteiger partial charge is 0.486 e. The van der Waals surface area contributed by atoms with E-state index in [0.29, 0.717) is 61.7 Å². The van der Waals surface area contributed by atoms with Crippen LogP contribution in [-0.2, 0) is 0 Å². The minimum atomic E-state index is -1.02. The summed E-state index contributed by atoms with van der Waals surface area (Å²) >= 11 is 0. The van der Waals surface area contributed by atoms with Gasteiger partial charge in [-0.2, -0.15) is 9.61 Å². The van der Waals surface area contributed by atoms with E-state index in [0.717, 1.165) is 16.6 Å². The first-order valence-electron chi connectivity index (χ1n) is 12.0. The first-order chi connectivity index (χ1) is 17.1. The van der Waals surface area contributed by atoms with Crippen LogP contribution in [0.2, 0.25) is 0 Å². The second kappa shape index (κ2) is 7.64. The van der Waals surface area contributed by atoms with Gasteiger partial charge in [0.2, 0.25) is 0 Å². The second-order valence-corrected chi connectivity index (χ2v) is 9.48. The molecular formula is C24H24FN7O3. The average Bonchev–Trinajstić information content (AvgIpc) is 3.46. The number of anilines is 1. The van der Waals surface area contributed by atoms with Crippen molar-refractivity contribution in [3.05, 3.63) is 36.3 Å². The molecule has 7 rings (SSSR count). The highest BCUT2D eigenvalue weighted by Gasteiger charge is 2.34. The smallest absolute Gasteiger partial charge is 0.257 e. The number of aliphatic hydroxyl groups is 1. The van der Waals surface area contributed by atoms with Crippen LogP contribution in [0.3, 0.4) is 0 Å². The number of pyridine rings is 1. The molecule has 1 amide bonds. The maximum absolute atomic E-state index is 13.8. The van der Waals surface area contributed by atoms with Gasteiger partial charge in [-0.25, -0.2) is 14.4 Å². The fourth-order valence-electron chi connectivity index (χ4n) is 5.14. The molecule has 2 saturated carbocycles. The van der Waals surface area contributed by atoms with Crippen LogP contribution in [0.4, 0.5) is 10.2 Å². The second-order valence-electron chi connectivity index (χ2n) is 9.48. The molecule has 10 nitrogen and oxygen atoms in total. The summed E-state index contributed by atoms with van der Waals surface area (Å²) in [5.74, 6) is 0.777. The van der Waals surface area contributed by atoms with Gasteiger partial charge in [0.25, 0.3) is 5.91 Å². The summed E-state index contributed by atoms with van der Waals surface area (Å²) in [6, 6.07) is 3.54. The summed E-state index contributed by atoms with van der Waals surface area (Å²) in [7, 11) is 0. The SMILES string of the molecule is O=C(N[C@@H]1CC[C@H]1F)c1cnn2c3c(c(-c4cn([C@H]5C[C@H](O)C5)c5ncccc45)nc12)OCCN3. The molecule has 2 fully saturated rings. The molecule has 0 spiro atoms. The first-order valence-corrected chi connectivity index (χ1v) is 12.0. The lowest BCUT2D eigenvalue weighted by molar-refractivity contribution is 0.0501. The standard InChI is InChI=1S/C24H24FN7O3/c25-17-3-4-18(17)29-24(34)15-10-28-32-22(15)30-19(20-23(32)27-6-7-35-20)16-11-31(12-8-13(33)9-12)21-14(16)2-1-5-26-21/h1-2,5,10-13,17-18,27,33H,3-4,6-9H2,(H,29,34)/t12-,13-,17-,18-/m1/s1. The van der Waals surface area contributed by atoms with Crippen LogP contribution in [0.5, 0.6) is 5.75 Å². The fraction of sp³-hybridized carbons (Fsp3) is 0.417. The van der Waals surface area contributed by atoms with E-state index in [1.807, 2.05) is 18.3 Å². The number of nitrogens with one attached hydrogen (secondary N) is 2. The number of ether oxygens (including phenoxy) is 1. The monoisotopic (exact) mass is 477 g/mol. The van der Waals surface area contributed by atoms with E-state index in [9.17, 15) is 14.3 Å². The molecule has 11 heteroatoms. The van der Waals surface area contributed by atoms with E-state index in [1.165, 1.54) is 6.20 Å².